The summed E-state index contributed by atoms with van der Waals surface area (Å²) in [6.45, 7) is 3.04. The third-order valence-electron chi connectivity index (χ3n) is 4.78. The van der Waals surface area contributed by atoms with Gasteiger partial charge >= 0.3 is 0 Å². The smallest absolute Gasteiger partial charge is 0.270 e. The van der Waals surface area contributed by atoms with Crippen molar-refractivity contribution < 1.29 is 19.0 Å². The molecule has 0 bridgehead atoms. The summed E-state index contributed by atoms with van der Waals surface area (Å²) in [5.41, 5.74) is 9.92. The molecule has 0 atom stereocenters. The Morgan fingerprint density at radius 3 is 2.41 bits per heavy atom. The van der Waals surface area contributed by atoms with Gasteiger partial charge < -0.3 is 19.5 Å². The standard InChI is InChI=1S/C24H26ClN5O4/c25-21-8-4-3-7-20(21)23-19-6-2-1-5-18(19)17-22(29-23)24(31)27-9-11-32-13-15-34-16-14-33-12-10-28-30-26/h1-8,17H,9-16H2,(H,27,31). The molecular weight excluding hydrogens is 458 g/mol. The second-order valence-corrected chi connectivity index (χ2v) is 7.51. The van der Waals surface area contributed by atoms with Gasteiger partial charge in [0, 0.05) is 34.0 Å². The third-order valence-corrected chi connectivity index (χ3v) is 5.11. The summed E-state index contributed by atoms with van der Waals surface area (Å²) < 4.78 is 16.1. The van der Waals surface area contributed by atoms with Gasteiger partial charge in [-0.1, -0.05) is 59.2 Å². The average Bonchev–Trinajstić information content (AvgIpc) is 2.86. The normalized spacial score (nSPS) is 10.7. The number of carbonyl (C=O) groups is 1. The van der Waals surface area contributed by atoms with Crippen molar-refractivity contribution in [2.45, 2.75) is 0 Å². The molecule has 0 radical (unpaired) electrons. The van der Waals surface area contributed by atoms with E-state index in [0.29, 0.717) is 69.1 Å². The molecule has 0 saturated carbocycles. The molecule has 0 fully saturated rings. The Hall–Kier alpha value is -3.20. The van der Waals surface area contributed by atoms with Crippen molar-refractivity contribution in [1.29, 1.82) is 0 Å². The lowest BCUT2D eigenvalue weighted by molar-refractivity contribution is 0.0166. The number of benzene rings is 2. The van der Waals surface area contributed by atoms with E-state index in [2.05, 4.69) is 20.3 Å². The number of halogens is 1. The van der Waals surface area contributed by atoms with Crippen molar-refractivity contribution >= 4 is 28.3 Å². The van der Waals surface area contributed by atoms with Crippen molar-refractivity contribution in [3.63, 3.8) is 0 Å². The van der Waals surface area contributed by atoms with Crippen LogP contribution in [0, 0.1) is 0 Å². The van der Waals surface area contributed by atoms with Crippen LogP contribution in [0.3, 0.4) is 0 Å². The molecule has 0 aliphatic rings. The topological polar surface area (TPSA) is 118 Å². The monoisotopic (exact) mass is 483 g/mol. The van der Waals surface area contributed by atoms with E-state index in [1.54, 1.807) is 12.1 Å². The van der Waals surface area contributed by atoms with E-state index in [-0.39, 0.29) is 5.91 Å². The van der Waals surface area contributed by atoms with Crippen molar-refractivity contribution in [3.05, 3.63) is 75.8 Å². The fourth-order valence-corrected chi connectivity index (χ4v) is 3.42. The highest BCUT2D eigenvalue weighted by molar-refractivity contribution is 6.33. The maximum absolute atomic E-state index is 12.7. The molecule has 9 nitrogen and oxygen atoms in total. The number of amides is 1. The van der Waals surface area contributed by atoms with Crippen LogP contribution >= 0.6 is 11.6 Å². The number of nitrogens with zero attached hydrogens (tertiary/aromatic N) is 4. The van der Waals surface area contributed by atoms with Crippen LogP contribution in [0.15, 0.2) is 59.7 Å². The van der Waals surface area contributed by atoms with Gasteiger partial charge in [-0.15, -0.1) is 0 Å². The van der Waals surface area contributed by atoms with E-state index in [0.717, 1.165) is 16.3 Å². The van der Waals surface area contributed by atoms with Gasteiger partial charge in [-0.05, 0) is 23.1 Å². The van der Waals surface area contributed by atoms with Crippen LogP contribution < -0.4 is 5.32 Å². The molecule has 0 aliphatic carbocycles. The molecule has 0 saturated heterocycles. The van der Waals surface area contributed by atoms with Gasteiger partial charge in [-0.25, -0.2) is 4.98 Å². The molecule has 0 spiro atoms. The Balaban J connectivity index is 1.44. The van der Waals surface area contributed by atoms with Crippen molar-refractivity contribution in [3.8, 4) is 11.3 Å². The number of nitrogens with one attached hydrogen (secondary N) is 1. The number of rotatable bonds is 14. The second-order valence-electron chi connectivity index (χ2n) is 7.10. The van der Waals surface area contributed by atoms with E-state index < -0.39 is 0 Å². The van der Waals surface area contributed by atoms with Gasteiger partial charge in [0.15, 0.2) is 0 Å². The van der Waals surface area contributed by atoms with Gasteiger partial charge in [0.25, 0.3) is 5.91 Å². The lowest BCUT2D eigenvalue weighted by Gasteiger charge is -2.11. The molecule has 1 heterocycles. The summed E-state index contributed by atoms with van der Waals surface area (Å²) in [5, 5.41) is 8.62. The Bertz CT molecular complexity index is 1140. The highest BCUT2D eigenvalue weighted by atomic mass is 35.5. The van der Waals surface area contributed by atoms with Crippen LogP contribution in [0.5, 0.6) is 0 Å². The van der Waals surface area contributed by atoms with Gasteiger partial charge in [0.1, 0.15) is 5.69 Å². The minimum Gasteiger partial charge on any atom is -0.379 e. The third kappa shape index (κ3) is 7.69. The van der Waals surface area contributed by atoms with Crippen molar-refractivity contribution in [2.75, 3.05) is 52.7 Å². The summed E-state index contributed by atoms with van der Waals surface area (Å²) in [5.74, 6) is -0.281. The first-order valence-electron chi connectivity index (χ1n) is 10.9. The van der Waals surface area contributed by atoms with Gasteiger partial charge in [-0.2, -0.15) is 0 Å². The number of fused-ring (bicyclic) bond motifs is 1. The van der Waals surface area contributed by atoms with Crippen LogP contribution in [-0.2, 0) is 14.2 Å². The second kappa shape index (κ2) is 14.1. The number of aromatic nitrogens is 1. The van der Waals surface area contributed by atoms with Crippen LogP contribution in [0.1, 0.15) is 10.5 Å². The first-order chi connectivity index (χ1) is 16.7. The first kappa shape index (κ1) is 25.4. The van der Waals surface area contributed by atoms with Crippen LogP contribution in [0.2, 0.25) is 5.02 Å². The number of hydrogen-bond acceptors (Lipinski definition) is 6. The molecule has 10 heteroatoms. The molecule has 1 aromatic heterocycles. The molecule has 3 aromatic rings. The Labute approximate surface area is 202 Å². The maximum atomic E-state index is 12.7. The number of ether oxygens (including phenoxy) is 3. The Morgan fingerprint density at radius 2 is 1.65 bits per heavy atom. The summed E-state index contributed by atoms with van der Waals surface area (Å²) in [6, 6.07) is 17.0. The zero-order chi connectivity index (χ0) is 24.0. The minimum absolute atomic E-state index is 0.281. The lowest BCUT2D eigenvalue weighted by atomic mass is 10.0. The predicted molar refractivity (Wildman–Crippen MR) is 131 cm³/mol. The fraction of sp³-hybridized carbons (Fsp3) is 0.333. The van der Waals surface area contributed by atoms with E-state index in [1.807, 2.05) is 42.5 Å². The quantitative estimate of drug-likeness (QED) is 0.155. The van der Waals surface area contributed by atoms with Crippen molar-refractivity contribution in [1.82, 2.24) is 10.3 Å². The van der Waals surface area contributed by atoms with Crippen LogP contribution in [-0.4, -0.2) is 63.6 Å². The lowest BCUT2D eigenvalue weighted by Crippen LogP contribution is -2.28. The zero-order valence-corrected chi connectivity index (χ0v) is 19.4. The molecule has 0 unspecified atom stereocenters. The number of pyridine rings is 1. The molecule has 1 N–H and O–H groups in total. The molecule has 178 valence electrons. The molecular formula is C24H26ClN5O4. The fourth-order valence-electron chi connectivity index (χ4n) is 3.19. The summed E-state index contributed by atoms with van der Waals surface area (Å²) in [4.78, 5) is 20.0. The molecule has 0 aliphatic heterocycles. The molecule has 2 aromatic carbocycles. The molecule has 3 rings (SSSR count). The summed E-state index contributed by atoms with van der Waals surface area (Å²) in [6.07, 6.45) is 0. The Kier molecular flexibility index (Phi) is 10.6. The van der Waals surface area contributed by atoms with Crippen molar-refractivity contribution in [2.24, 2.45) is 5.11 Å². The number of carbonyl (C=O) groups excluding carboxylic acids is 1. The highest BCUT2D eigenvalue weighted by Crippen LogP contribution is 2.32. The largest absolute Gasteiger partial charge is 0.379 e. The summed E-state index contributed by atoms with van der Waals surface area (Å²) >= 11 is 6.40. The average molecular weight is 484 g/mol. The van der Waals surface area contributed by atoms with Crippen LogP contribution in [0.25, 0.3) is 32.5 Å². The SMILES string of the molecule is [N-]=[N+]=NCCOCCOCCOCCNC(=O)c1cc2ccccc2c(-c2ccccc2Cl)n1. The molecule has 34 heavy (non-hydrogen) atoms. The number of azide groups is 1. The van der Waals surface area contributed by atoms with E-state index in [9.17, 15) is 4.79 Å². The van der Waals surface area contributed by atoms with E-state index in [1.165, 1.54) is 0 Å². The van der Waals surface area contributed by atoms with Gasteiger partial charge in [-0.3, -0.25) is 4.79 Å². The predicted octanol–water partition coefficient (Wildman–Crippen LogP) is 4.65. The zero-order valence-electron chi connectivity index (χ0n) is 18.7. The van der Waals surface area contributed by atoms with E-state index >= 15 is 0 Å². The Morgan fingerprint density at radius 1 is 0.971 bits per heavy atom. The molecule has 1 amide bonds. The summed E-state index contributed by atoms with van der Waals surface area (Å²) in [7, 11) is 0. The maximum Gasteiger partial charge on any atom is 0.270 e. The highest BCUT2D eigenvalue weighted by Gasteiger charge is 2.14. The van der Waals surface area contributed by atoms with E-state index in [4.69, 9.17) is 31.3 Å². The van der Waals surface area contributed by atoms with Crippen LogP contribution in [0.4, 0.5) is 0 Å². The van der Waals surface area contributed by atoms with Gasteiger partial charge in [0.2, 0.25) is 0 Å². The first-order valence-corrected chi connectivity index (χ1v) is 11.3. The van der Waals surface area contributed by atoms with Gasteiger partial charge in [0.05, 0.1) is 45.3 Å². The minimum atomic E-state index is -0.281. The number of hydrogen-bond donors (Lipinski definition) is 1.